The van der Waals surface area contributed by atoms with Gasteiger partial charge in [-0.2, -0.15) is 0 Å². The summed E-state index contributed by atoms with van der Waals surface area (Å²) in [5, 5.41) is 12.1. The SMILES string of the molecule is Cc1ccc(N)c(SC2(CC(=O)O)CNC2)c1. The lowest BCUT2D eigenvalue weighted by Gasteiger charge is -2.41. The van der Waals surface area contributed by atoms with Crippen LogP contribution in [0.15, 0.2) is 23.1 Å². The smallest absolute Gasteiger partial charge is 0.304 e. The molecule has 1 aliphatic heterocycles. The van der Waals surface area contributed by atoms with E-state index in [1.54, 1.807) is 11.8 Å². The fourth-order valence-corrected chi connectivity index (χ4v) is 3.32. The third kappa shape index (κ3) is 2.73. The van der Waals surface area contributed by atoms with E-state index in [1.165, 1.54) is 0 Å². The van der Waals surface area contributed by atoms with Gasteiger partial charge in [-0.15, -0.1) is 11.8 Å². The first kappa shape index (κ1) is 12.3. The Morgan fingerprint density at radius 3 is 2.82 bits per heavy atom. The predicted octanol–water partition coefficient (Wildman–Crippen LogP) is 1.49. The number of benzene rings is 1. The maximum absolute atomic E-state index is 10.9. The molecule has 0 radical (unpaired) electrons. The predicted molar refractivity (Wildman–Crippen MR) is 69.3 cm³/mol. The molecule has 0 amide bonds. The van der Waals surface area contributed by atoms with Crippen molar-refractivity contribution in [2.75, 3.05) is 18.8 Å². The van der Waals surface area contributed by atoms with Gasteiger partial charge in [-0.25, -0.2) is 0 Å². The van der Waals surface area contributed by atoms with Crippen molar-refractivity contribution in [2.24, 2.45) is 0 Å². The fraction of sp³-hybridized carbons (Fsp3) is 0.417. The van der Waals surface area contributed by atoms with Crippen LogP contribution in [0.2, 0.25) is 0 Å². The molecule has 4 nitrogen and oxygen atoms in total. The van der Waals surface area contributed by atoms with Gasteiger partial charge in [0.15, 0.2) is 0 Å². The van der Waals surface area contributed by atoms with Crippen LogP contribution in [-0.2, 0) is 4.79 Å². The molecule has 1 fully saturated rings. The standard InChI is InChI=1S/C12H16N2O2S/c1-8-2-3-9(13)10(4-8)17-12(5-11(15)16)6-14-7-12/h2-4,14H,5-7,13H2,1H3,(H,15,16). The zero-order valence-corrected chi connectivity index (χ0v) is 10.5. The van der Waals surface area contributed by atoms with E-state index in [0.29, 0.717) is 0 Å². The Kier molecular flexibility index (Phi) is 3.31. The molecule has 92 valence electrons. The third-order valence-corrected chi connectivity index (χ3v) is 4.30. The molecule has 0 aromatic heterocycles. The van der Waals surface area contributed by atoms with Gasteiger partial charge in [0, 0.05) is 23.7 Å². The summed E-state index contributed by atoms with van der Waals surface area (Å²) in [6.45, 7) is 3.45. The average molecular weight is 252 g/mol. The van der Waals surface area contributed by atoms with E-state index in [2.05, 4.69) is 5.32 Å². The summed E-state index contributed by atoms with van der Waals surface area (Å²) < 4.78 is -0.242. The lowest BCUT2D eigenvalue weighted by atomic mass is 9.98. The monoisotopic (exact) mass is 252 g/mol. The van der Waals surface area contributed by atoms with E-state index in [-0.39, 0.29) is 11.2 Å². The molecule has 5 heteroatoms. The molecule has 4 N–H and O–H groups in total. The van der Waals surface area contributed by atoms with Crippen LogP contribution >= 0.6 is 11.8 Å². The average Bonchev–Trinajstić information content (AvgIpc) is 2.19. The summed E-state index contributed by atoms with van der Waals surface area (Å²) >= 11 is 1.58. The van der Waals surface area contributed by atoms with Crippen molar-refractivity contribution in [3.05, 3.63) is 23.8 Å². The Labute approximate surface area is 105 Å². The zero-order valence-electron chi connectivity index (χ0n) is 9.69. The van der Waals surface area contributed by atoms with Crippen LogP contribution in [0.25, 0.3) is 0 Å². The number of aliphatic carboxylic acids is 1. The molecule has 0 atom stereocenters. The number of nitrogen functional groups attached to an aromatic ring is 1. The molecule has 1 heterocycles. The topological polar surface area (TPSA) is 75.4 Å². The molecule has 0 saturated carbocycles. The van der Waals surface area contributed by atoms with Crippen LogP contribution in [0.4, 0.5) is 5.69 Å². The first-order chi connectivity index (χ1) is 8.01. The van der Waals surface area contributed by atoms with Crippen LogP contribution in [0, 0.1) is 6.92 Å². The second kappa shape index (κ2) is 4.58. The van der Waals surface area contributed by atoms with Crippen molar-refractivity contribution in [3.8, 4) is 0 Å². The van der Waals surface area contributed by atoms with Crippen molar-refractivity contribution in [1.29, 1.82) is 0 Å². The van der Waals surface area contributed by atoms with Crippen LogP contribution < -0.4 is 11.1 Å². The minimum Gasteiger partial charge on any atom is -0.481 e. The molecular formula is C12H16N2O2S. The number of nitrogens with two attached hydrogens (primary N) is 1. The highest BCUT2D eigenvalue weighted by molar-refractivity contribution is 8.01. The normalized spacial score (nSPS) is 17.5. The summed E-state index contributed by atoms with van der Waals surface area (Å²) in [7, 11) is 0. The van der Waals surface area contributed by atoms with Gasteiger partial charge >= 0.3 is 5.97 Å². The first-order valence-electron chi connectivity index (χ1n) is 5.48. The molecule has 1 aliphatic rings. The summed E-state index contributed by atoms with van der Waals surface area (Å²) in [5.74, 6) is -0.759. The molecule has 2 rings (SSSR count). The van der Waals surface area contributed by atoms with E-state index in [9.17, 15) is 4.79 Å². The number of thioether (sulfide) groups is 1. The highest BCUT2D eigenvalue weighted by atomic mass is 32.2. The van der Waals surface area contributed by atoms with Crippen LogP contribution in [-0.4, -0.2) is 28.9 Å². The van der Waals surface area contributed by atoms with Gasteiger partial charge in [0.2, 0.25) is 0 Å². The summed E-state index contributed by atoms with van der Waals surface area (Å²) in [4.78, 5) is 11.9. The zero-order chi connectivity index (χ0) is 12.5. The number of carboxylic acids is 1. The van der Waals surface area contributed by atoms with Crippen molar-refractivity contribution in [3.63, 3.8) is 0 Å². The molecule has 0 aliphatic carbocycles. The van der Waals surface area contributed by atoms with Gasteiger partial charge in [0.25, 0.3) is 0 Å². The van der Waals surface area contributed by atoms with E-state index in [0.717, 1.165) is 29.2 Å². The van der Waals surface area contributed by atoms with Gasteiger partial charge in [-0.05, 0) is 24.6 Å². The number of nitrogens with one attached hydrogen (secondary N) is 1. The molecule has 1 aromatic carbocycles. The molecule has 1 saturated heterocycles. The molecule has 0 unspecified atom stereocenters. The number of rotatable bonds is 4. The molecular weight excluding hydrogens is 236 g/mol. The van der Waals surface area contributed by atoms with Gasteiger partial charge in [-0.1, -0.05) is 6.07 Å². The fourth-order valence-electron chi connectivity index (χ4n) is 1.88. The second-order valence-corrected chi connectivity index (χ2v) is 6.01. The Balaban J connectivity index is 2.18. The maximum atomic E-state index is 10.9. The van der Waals surface area contributed by atoms with E-state index in [1.807, 2.05) is 25.1 Å². The number of carbonyl (C=O) groups is 1. The van der Waals surface area contributed by atoms with Crippen molar-refractivity contribution < 1.29 is 9.90 Å². The lowest BCUT2D eigenvalue weighted by Crippen LogP contribution is -2.57. The molecule has 1 aromatic rings. The second-order valence-electron chi connectivity index (χ2n) is 4.50. The largest absolute Gasteiger partial charge is 0.481 e. The van der Waals surface area contributed by atoms with Gasteiger partial charge in [0.1, 0.15) is 0 Å². The Morgan fingerprint density at radius 2 is 2.29 bits per heavy atom. The highest BCUT2D eigenvalue weighted by Crippen LogP contribution is 2.41. The minimum absolute atomic E-state index is 0.165. The van der Waals surface area contributed by atoms with E-state index < -0.39 is 5.97 Å². The molecule has 0 bridgehead atoms. The maximum Gasteiger partial charge on any atom is 0.304 e. The van der Waals surface area contributed by atoms with Gasteiger partial charge < -0.3 is 16.2 Å². The van der Waals surface area contributed by atoms with Crippen molar-refractivity contribution >= 4 is 23.4 Å². The van der Waals surface area contributed by atoms with Crippen molar-refractivity contribution in [1.82, 2.24) is 5.32 Å². The van der Waals surface area contributed by atoms with Crippen molar-refractivity contribution in [2.45, 2.75) is 23.0 Å². The van der Waals surface area contributed by atoms with Crippen LogP contribution in [0.1, 0.15) is 12.0 Å². The number of hydrogen-bond acceptors (Lipinski definition) is 4. The Hall–Kier alpha value is -1.20. The van der Waals surface area contributed by atoms with E-state index in [4.69, 9.17) is 10.8 Å². The highest BCUT2D eigenvalue weighted by Gasteiger charge is 2.40. The lowest BCUT2D eigenvalue weighted by molar-refractivity contribution is -0.138. The first-order valence-corrected chi connectivity index (χ1v) is 6.30. The number of anilines is 1. The quantitative estimate of drug-likeness (QED) is 0.708. The number of hydrogen-bond donors (Lipinski definition) is 3. The Morgan fingerprint density at radius 1 is 1.59 bits per heavy atom. The third-order valence-electron chi connectivity index (χ3n) is 2.86. The molecule has 0 spiro atoms. The summed E-state index contributed by atoms with van der Waals surface area (Å²) in [5.41, 5.74) is 7.78. The van der Waals surface area contributed by atoms with Crippen LogP contribution in [0.3, 0.4) is 0 Å². The summed E-state index contributed by atoms with van der Waals surface area (Å²) in [6, 6.07) is 5.85. The Bertz CT molecular complexity index is 444. The van der Waals surface area contributed by atoms with Crippen LogP contribution in [0.5, 0.6) is 0 Å². The molecule has 17 heavy (non-hydrogen) atoms. The van der Waals surface area contributed by atoms with Gasteiger partial charge in [-0.3, -0.25) is 4.79 Å². The summed E-state index contributed by atoms with van der Waals surface area (Å²) in [6.07, 6.45) is 0.165. The van der Waals surface area contributed by atoms with E-state index >= 15 is 0 Å². The minimum atomic E-state index is -0.759. The number of aryl methyl sites for hydroxylation is 1. The number of carboxylic acid groups (broad SMARTS) is 1. The van der Waals surface area contributed by atoms with Gasteiger partial charge in [0.05, 0.1) is 11.2 Å².